The Morgan fingerprint density at radius 2 is 2.19 bits per heavy atom. The van der Waals surface area contributed by atoms with Crippen LogP contribution in [0.3, 0.4) is 0 Å². The highest BCUT2D eigenvalue weighted by Gasteiger charge is 2.30. The van der Waals surface area contributed by atoms with E-state index in [0.29, 0.717) is 29.4 Å². The number of fused-ring (bicyclic) bond motifs is 1. The SMILES string of the molecule is CC1CN(C(=O)Nc2cnn3ccc(N4CCCC4c4cc(F)ccc4Cl)nc23)CCN1. The number of rotatable bonds is 3. The minimum Gasteiger partial charge on any atom is -0.349 e. The number of hydrogen-bond donors (Lipinski definition) is 2. The van der Waals surface area contributed by atoms with Gasteiger partial charge in [-0.25, -0.2) is 18.7 Å². The molecule has 32 heavy (non-hydrogen) atoms. The molecule has 168 valence electrons. The number of amides is 2. The maximum Gasteiger partial charge on any atom is 0.322 e. The zero-order chi connectivity index (χ0) is 22.2. The summed E-state index contributed by atoms with van der Waals surface area (Å²) in [6.07, 6.45) is 5.25. The van der Waals surface area contributed by atoms with E-state index in [1.807, 2.05) is 12.3 Å². The molecule has 5 rings (SSSR count). The van der Waals surface area contributed by atoms with Gasteiger partial charge in [-0.3, -0.25) is 0 Å². The number of urea groups is 1. The van der Waals surface area contributed by atoms with E-state index < -0.39 is 0 Å². The first-order chi connectivity index (χ1) is 15.5. The zero-order valence-corrected chi connectivity index (χ0v) is 18.5. The second kappa shape index (κ2) is 8.55. The monoisotopic (exact) mass is 457 g/mol. The molecule has 2 aromatic heterocycles. The van der Waals surface area contributed by atoms with Gasteiger partial charge in [0, 0.05) is 43.4 Å². The molecule has 0 saturated carbocycles. The molecular weight excluding hydrogens is 433 g/mol. The number of piperazine rings is 1. The summed E-state index contributed by atoms with van der Waals surface area (Å²) in [4.78, 5) is 21.5. The van der Waals surface area contributed by atoms with Crippen molar-refractivity contribution in [2.45, 2.75) is 31.8 Å². The van der Waals surface area contributed by atoms with E-state index >= 15 is 0 Å². The van der Waals surface area contributed by atoms with E-state index in [1.54, 1.807) is 21.7 Å². The van der Waals surface area contributed by atoms with Crippen LogP contribution in [0, 0.1) is 5.82 Å². The molecule has 2 unspecified atom stereocenters. The number of nitrogens with one attached hydrogen (secondary N) is 2. The van der Waals surface area contributed by atoms with Crippen molar-refractivity contribution in [2.24, 2.45) is 0 Å². The van der Waals surface area contributed by atoms with Crippen LogP contribution in [0.25, 0.3) is 5.65 Å². The summed E-state index contributed by atoms with van der Waals surface area (Å²) in [5.41, 5.74) is 1.89. The van der Waals surface area contributed by atoms with Crippen LogP contribution in [-0.2, 0) is 0 Å². The van der Waals surface area contributed by atoms with Crippen molar-refractivity contribution in [3.63, 3.8) is 0 Å². The fourth-order valence-electron chi connectivity index (χ4n) is 4.55. The highest BCUT2D eigenvalue weighted by Crippen LogP contribution is 2.38. The highest BCUT2D eigenvalue weighted by molar-refractivity contribution is 6.31. The molecule has 2 aliphatic heterocycles. The summed E-state index contributed by atoms with van der Waals surface area (Å²) in [5, 5.41) is 11.2. The molecule has 3 aromatic rings. The number of anilines is 2. The summed E-state index contributed by atoms with van der Waals surface area (Å²) >= 11 is 6.39. The number of halogens is 2. The van der Waals surface area contributed by atoms with Gasteiger partial charge in [-0.2, -0.15) is 5.10 Å². The molecule has 2 fully saturated rings. The molecule has 0 spiro atoms. The van der Waals surface area contributed by atoms with Crippen molar-refractivity contribution < 1.29 is 9.18 Å². The van der Waals surface area contributed by atoms with Gasteiger partial charge in [0.05, 0.1) is 12.2 Å². The van der Waals surface area contributed by atoms with Crippen LogP contribution in [0.4, 0.5) is 20.7 Å². The van der Waals surface area contributed by atoms with Gasteiger partial charge in [0.2, 0.25) is 0 Å². The first-order valence-electron chi connectivity index (χ1n) is 10.8. The van der Waals surface area contributed by atoms with Crippen molar-refractivity contribution in [1.29, 1.82) is 0 Å². The average molecular weight is 458 g/mol. The summed E-state index contributed by atoms with van der Waals surface area (Å²) < 4.78 is 15.5. The van der Waals surface area contributed by atoms with Crippen molar-refractivity contribution in [3.8, 4) is 0 Å². The van der Waals surface area contributed by atoms with E-state index in [1.165, 1.54) is 12.1 Å². The van der Waals surface area contributed by atoms with Crippen molar-refractivity contribution in [1.82, 2.24) is 24.8 Å². The van der Waals surface area contributed by atoms with Crippen molar-refractivity contribution >= 4 is 34.8 Å². The Bertz CT molecular complexity index is 1150. The Morgan fingerprint density at radius 3 is 3.03 bits per heavy atom. The first-order valence-corrected chi connectivity index (χ1v) is 11.2. The molecule has 2 atom stereocenters. The lowest BCUT2D eigenvalue weighted by molar-refractivity contribution is 0.192. The van der Waals surface area contributed by atoms with Crippen LogP contribution >= 0.6 is 11.6 Å². The molecule has 10 heteroatoms. The summed E-state index contributed by atoms with van der Waals surface area (Å²) in [6, 6.07) is 6.39. The molecule has 8 nitrogen and oxygen atoms in total. The van der Waals surface area contributed by atoms with Crippen LogP contribution in [0.5, 0.6) is 0 Å². The second-order valence-corrected chi connectivity index (χ2v) is 8.77. The Kier molecular flexibility index (Phi) is 5.60. The number of benzene rings is 1. The quantitative estimate of drug-likeness (QED) is 0.627. The smallest absolute Gasteiger partial charge is 0.322 e. The molecule has 2 N–H and O–H groups in total. The number of aromatic nitrogens is 3. The van der Waals surface area contributed by atoms with E-state index in [9.17, 15) is 9.18 Å². The molecule has 2 aliphatic rings. The standard InChI is InChI=1S/C22H25ClFN7O/c1-14-13-29(10-7-25-14)22(32)27-18-12-26-31-9-6-20(28-21(18)31)30-8-2-3-19(30)16-11-15(24)4-5-17(16)23/h4-6,9,11-12,14,19,25H,2-3,7-8,10,13H2,1H3,(H,27,32). The molecule has 1 aromatic carbocycles. The Hall–Kier alpha value is -2.91. The Morgan fingerprint density at radius 1 is 1.31 bits per heavy atom. The van der Waals surface area contributed by atoms with E-state index in [2.05, 4.69) is 27.6 Å². The van der Waals surface area contributed by atoms with Crippen LogP contribution in [0.1, 0.15) is 31.4 Å². The largest absolute Gasteiger partial charge is 0.349 e. The van der Waals surface area contributed by atoms with Crippen molar-refractivity contribution in [3.05, 3.63) is 53.1 Å². The molecule has 2 saturated heterocycles. The fourth-order valence-corrected chi connectivity index (χ4v) is 4.80. The first kappa shape index (κ1) is 21.0. The summed E-state index contributed by atoms with van der Waals surface area (Å²) in [5.74, 6) is 0.440. The maximum absolute atomic E-state index is 13.9. The third-order valence-electron chi connectivity index (χ3n) is 6.12. The molecular formula is C22H25ClFN7O. The molecule has 0 bridgehead atoms. The van der Waals surface area contributed by atoms with Gasteiger partial charge >= 0.3 is 6.03 Å². The second-order valence-electron chi connectivity index (χ2n) is 8.36. The van der Waals surface area contributed by atoms with Gasteiger partial charge in [-0.05, 0) is 49.6 Å². The van der Waals surface area contributed by atoms with Crippen molar-refractivity contribution in [2.75, 3.05) is 36.4 Å². The highest BCUT2D eigenvalue weighted by atomic mass is 35.5. The van der Waals surface area contributed by atoms with Gasteiger partial charge in [0.1, 0.15) is 17.3 Å². The molecule has 0 aliphatic carbocycles. The van der Waals surface area contributed by atoms with Crippen LogP contribution < -0.4 is 15.5 Å². The predicted octanol–water partition coefficient (Wildman–Crippen LogP) is 3.69. The van der Waals surface area contributed by atoms with E-state index in [0.717, 1.165) is 37.3 Å². The average Bonchev–Trinajstić information content (AvgIpc) is 3.42. The van der Waals surface area contributed by atoms with Gasteiger partial charge < -0.3 is 20.4 Å². The summed E-state index contributed by atoms with van der Waals surface area (Å²) in [6.45, 7) is 4.91. The predicted molar refractivity (Wildman–Crippen MR) is 122 cm³/mol. The fraction of sp³-hybridized carbons (Fsp3) is 0.409. The third-order valence-corrected chi connectivity index (χ3v) is 6.46. The normalized spacial score (nSPS) is 21.3. The third kappa shape index (κ3) is 3.98. The molecule has 4 heterocycles. The van der Waals surface area contributed by atoms with E-state index in [-0.39, 0.29) is 23.9 Å². The number of carbonyl (C=O) groups is 1. The van der Waals surface area contributed by atoms with Gasteiger partial charge in [-0.1, -0.05) is 11.6 Å². The van der Waals surface area contributed by atoms with Gasteiger partial charge in [0.15, 0.2) is 5.65 Å². The Labute approximate surface area is 190 Å². The van der Waals surface area contributed by atoms with Gasteiger partial charge in [0.25, 0.3) is 0 Å². The number of nitrogens with zero attached hydrogens (tertiary/aromatic N) is 5. The van der Waals surface area contributed by atoms with Crippen LogP contribution in [0.15, 0.2) is 36.7 Å². The number of carbonyl (C=O) groups excluding carboxylic acids is 1. The number of hydrogen-bond acceptors (Lipinski definition) is 5. The van der Waals surface area contributed by atoms with E-state index in [4.69, 9.17) is 16.6 Å². The van der Waals surface area contributed by atoms with Crippen LogP contribution in [-0.4, -0.2) is 57.7 Å². The van der Waals surface area contributed by atoms with Crippen LogP contribution in [0.2, 0.25) is 5.02 Å². The van der Waals surface area contributed by atoms with Gasteiger partial charge in [-0.15, -0.1) is 0 Å². The zero-order valence-electron chi connectivity index (χ0n) is 17.8. The lowest BCUT2D eigenvalue weighted by Crippen LogP contribution is -2.52. The maximum atomic E-state index is 13.9. The summed E-state index contributed by atoms with van der Waals surface area (Å²) in [7, 11) is 0. The Balaban J connectivity index is 1.42. The lowest BCUT2D eigenvalue weighted by Gasteiger charge is -2.31. The molecule has 2 amide bonds. The topological polar surface area (TPSA) is 77.8 Å². The minimum atomic E-state index is -0.303. The molecule has 0 radical (unpaired) electrons. The lowest BCUT2D eigenvalue weighted by atomic mass is 10.0. The minimum absolute atomic E-state index is 0.0588.